The molecule has 2 aliphatic rings. The van der Waals surface area contributed by atoms with Gasteiger partial charge in [-0.3, -0.25) is 4.79 Å². The van der Waals surface area contributed by atoms with Gasteiger partial charge in [-0.25, -0.2) is 0 Å². The van der Waals surface area contributed by atoms with E-state index >= 15 is 0 Å². The third kappa shape index (κ3) is 1.85. The molecular weight excluding hydrogens is 174 g/mol. The zero-order valence-corrected chi connectivity index (χ0v) is 9.38. The summed E-state index contributed by atoms with van der Waals surface area (Å²) in [4.78, 5) is 13.9. The van der Waals surface area contributed by atoms with Crippen LogP contribution in [0.15, 0.2) is 0 Å². The lowest BCUT2D eigenvalue weighted by atomic mass is 9.77. The minimum Gasteiger partial charge on any atom is -0.301 e. The summed E-state index contributed by atoms with van der Waals surface area (Å²) in [6, 6.07) is 0.671. The summed E-state index contributed by atoms with van der Waals surface area (Å²) >= 11 is 0. The van der Waals surface area contributed by atoms with Crippen LogP contribution in [0.5, 0.6) is 0 Å². The normalized spacial score (nSPS) is 27.8. The molecule has 1 spiro atoms. The van der Waals surface area contributed by atoms with Crippen molar-refractivity contribution in [2.24, 2.45) is 5.41 Å². The van der Waals surface area contributed by atoms with Crippen LogP contribution in [-0.4, -0.2) is 29.8 Å². The molecule has 0 aromatic carbocycles. The first-order valence-electron chi connectivity index (χ1n) is 5.87. The standard InChI is InChI=1S/C12H21NO/c1-10(2)13-7-5-12(6-8-13)4-3-11(14)9-12/h10H,3-9H2,1-2H3. The third-order valence-electron chi connectivity index (χ3n) is 4.10. The summed E-state index contributed by atoms with van der Waals surface area (Å²) in [5.74, 6) is 0.503. The molecule has 1 aliphatic carbocycles. The van der Waals surface area contributed by atoms with Crippen LogP contribution >= 0.6 is 0 Å². The Balaban J connectivity index is 1.92. The molecule has 1 saturated carbocycles. The summed E-state index contributed by atoms with van der Waals surface area (Å²) < 4.78 is 0. The number of carbonyl (C=O) groups excluding carboxylic acids is 1. The van der Waals surface area contributed by atoms with Crippen molar-refractivity contribution < 1.29 is 4.79 Å². The van der Waals surface area contributed by atoms with Crippen molar-refractivity contribution in [1.82, 2.24) is 4.90 Å². The first-order valence-corrected chi connectivity index (χ1v) is 5.87. The largest absolute Gasteiger partial charge is 0.301 e. The highest BCUT2D eigenvalue weighted by Gasteiger charge is 2.40. The molecule has 0 N–H and O–H groups in total. The van der Waals surface area contributed by atoms with Crippen LogP contribution in [0, 0.1) is 5.41 Å². The fraction of sp³-hybridized carbons (Fsp3) is 0.917. The molecule has 0 aromatic rings. The molecule has 0 atom stereocenters. The maximum atomic E-state index is 11.3. The van der Waals surface area contributed by atoms with Gasteiger partial charge in [-0.05, 0) is 51.6 Å². The number of hydrogen-bond donors (Lipinski definition) is 0. The monoisotopic (exact) mass is 195 g/mol. The van der Waals surface area contributed by atoms with Crippen LogP contribution in [0.3, 0.4) is 0 Å². The van der Waals surface area contributed by atoms with E-state index in [1.54, 1.807) is 0 Å². The average molecular weight is 195 g/mol. The zero-order chi connectivity index (χ0) is 10.2. The van der Waals surface area contributed by atoms with Crippen LogP contribution < -0.4 is 0 Å². The van der Waals surface area contributed by atoms with E-state index in [9.17, 15) is 4.79 Å². The molecule has 1 heterocycles. The second-order valence-electron chi connectivity index (χ2n) is 5.35. The van der Waals surface area contributed by atoms with E-state index in [0.29, 0.717) is 17.2 Å². The Kier molecular flexibility index (Phi) is 2.65. The maximum Gasteiger partial charge on any atom is 0.133 e. The number of piperidine rings is 1. The molecule has 0 amide bonds. The smallest absolute Gasteiger partial charge is 0.133 e. The van der Waals surface area contributed by atoms with Crippen LogP contribution in [-0.2, 0) is 4.79 Å². The quantitative estimate of drug-likeness (QED) is 0.639. The van der Waals surface area contributed by atoms with Crippen molar-refractivity contribution in [1.29, 1.82) is 0 Å². The summed E-state index contributed by atoms with van der Waals surface area (Å²) in [6.45, 7) is 6.92. The fourth-order valence-corrected chi connectivity index (χ4v) is 2.94. The fourth-order valence-electron chi connectivity index (χ4n) is 2.94. The van der Waals surface area contributed by atoms with Gasteiger partial charge in [-0.15, -0.1) is 0 Å². The van der Waals surface area contributed by atoms with E-state index in [1.807, 2.05) is 0 Å². The summed E-state index contributed by atoms with van der Waals surface area (Å²) in [6.07, 6.45) is 5.38. The molecule has 2 heteroatoms. The maximum absolute atomic E-state index is 11.3. The number of carbonyl (C=O) groups is 1. The number of ketones is 1. The van der Waals surface area contributed by atoms with Gasteiger partial charge in [0.05, 0.1) is 0 Å². The molecule has 2 nitrogen and oxygen atoms in total. The van der Waals surface area contributed by atoms with Gasteiger partial charge in [0.2, 0.25) is 0 Å². The molecule has 0 bridgehead atoms. The number of Topliss-reactive ketones (excluding diaryl/α,β-unsaturated/α-hetero) is 1. The summed E-state index contributed by atoms with van der Waals surface area (Å²) in [5, 5.41) is 0. The summed E-state index contributed by atoms with van der Waals surface area (Å²) in [5.41, 5.74) is 0.419. The molecular formula is C12H21NO. The molecule has 0 unspecified atom stereocenters. The highest BCUT2D eigenvalue weighted by molar-refractivity contribution is 5.81. The predicted octanol–water partition coefficient (Wildman–Crippen LogP) is 2.23. The molecule has 0 radical (unpaired) electrons. The Bertz CT molecular complexity index is 226. The summed E-state index contributed by atoms with van der Waals surface area (Å²) in [7, 11) is 0. The zero-order valence-electron chi connectivity index (χ0n) is 9.38. The molecule has 80 valence electrons. The lowest BCUT2D eigenvalue weighted by Gasteiger charge is -2.40. The first kappa shape index (κ1) is 10.2. The van der Waals surface area contributed by atoms with E-state index in [2.05, 4.69) is 18.7 Å². The van der Waals surface area contributed by atoms with Crippen molar-refractivity contribution in [3.05, 3.63) is 0 Å². The topological polar surface area (TPSA) is 20.3 Å². The van der Waals surface area contributed by atoms with E-state index in [-0.39, 0.29) is 0 Å². The molecule has 1 saturated heterocycles. The molecule has 2 rings (SSSR count). The molecule has 2 fully saturated rings. The van der Waals surface area contributed by atoms with E-state index in [4.69, 9.17) is 0 Å². The third-order valence-corrected chi connectivity index (χ3v) is 4.10. The van der Waals surface area contributed by atoms with Gasteiger partial charge in [0, 0.05) is 18.9 Å². The van der Waals surface area contributed by atoms with E-state index < -0.39 is 0 Å². The van der Waals surface area contributed by atoms with Gasteiger partial charge in [0.1, 0.15) is 5.78 Å². The number of nitrogens with zero attached hydrogens (tertiary/aromatic N) is 1. The molecule has 14 heavy (non-hydrogen) atoms. The number of likely N-dealkylation sites (tertiary alicyclic amines) is 1. The average Bonchev–Trinajstić information content (AvgIpc) is 2.48. The van der Waals surface area contributed by atoms with Crippen LogP contribution in [0.1, 0.15) is 46.0 Å². The Labute approximate surface area is 86.7 Å². The molecule has 1 aliphatic heterocycles. The van der Waals surface area contributed by atoms with Gasteiger partial charge < -0.3 is 4.90 Å². The van der Waals surface area contributed by atoms with Gasteiger partial charge >= 0.3 is 0 Å². The van der Waals surface area contributed by atoms with Crippen molar-refractivity contribution in [3.8, 4) is 0 Å². The number of hydrogen-bond acceptors (Lipinski definition) is 2. The Morgan fingerprint density at radius 2 is 1.86 bits per heavy atom. The second kappa shape index (κ2) is 3.65. The Morgan fingerprint density at radius 3 is 2.29 bits per heavy atom. The van der Waals surface area contributed by atoms with E-state index in [0.717, 1.165) is 19.3 Å². The Hall–Kier alpha value is -0.370. The van der Waals surface area contributed by atoms with Crippen molar-refractivity contribution in [3.63, 3.8) is 0 Å². The van der Waals surface area contributed by atoms with Crippen molar-refractivity contribution in [2.45, 2.75) is 52.0 Å². The van der Waals surface area contributed by atoms with E-state index in [1.165, 1.54) is 25.9 Å². The minimum absolute atomic E-state index is 0.419. The van der Waals surface area contributed by atoms with Crippen molar-refractivity contribution in [2.75, 3.05) is 13.1 Å². The highest BCUT2D eigenvalue weighted by Crippen LogP contribution is 2.44. The van der Waals surface area contributed by atoms with Crippen molar-refractivity contribution >= 4 is 5.78 Å². The molecule has 0 aromatic heterocycles. The van der Waals surface area contributed by atoms with Gasteiger partial charge in [0.15, 0.2) is 0 Å². The predicted molar refractivity (Wildman–Crippen MR) is 57.2 cm³/mol. The van der Waals surface area contributed by atoms with Crippen LogP contribution in [0.25, 0.3) is 0 Å². The lowest BCUT2D eigenvalue weighted by molar-refractivity contribution is -0.118. The van der Waals surface area contributed by atoms with Crippen LogP contribution in [0.4, 0.5) is 0 Å². The SMILES string of the molecule is CC(C)N1CCC2(CCC(=O)C2)CC1. The minimum atomic E-state index is 0.419. The van der Waals surface area contributed by atoms with Gasteiger partial charge in [-0.1, -0.05) is 0 Å². The van der Waals surface area contributed by atoms with Crippen LogP contribution in [0.2, 0.25) is 0 Å². The highest BCUT2D eigenvalue weighted by atomic mass is 16.1. The lowest BCUT2D eigenvalue weighted by Crippen LogP contribution is -2.42. The first-order chi connectivity index (χ1) is 6.61. The second-order valence-corrected chi connectivity index (χ2v) is 5.35. The van der Waals surface area contributed by atoms with Gasteiger partial charge in [-0.2, -0.15) is 0 Å². The Morgan fingerprint density at radius 1 is 1.21 bits per heavy atom. The number of rotatable bonds is 1. The van der Waals surface area contributed by atoms with Gasteiger partial charge in [0.25, 0.3) is 0 Å².